The van der Waals surface area contributed by atoms with E-state index in [0.29, 0.717) is 13.1 Å². The molecule has 4 nitrogen and oxygen atoms in total. The van der Waals surface area contributed by atoms with Gasteiger partial charge in [-0.3, -0.25) is 4.79 Å². The summed E-state index contributed by atoms with van der Waals surface area (Å²) >= 11 is 0. The van der Waals surface area contributed by atoms with Crippen LogP contribution >= 0.6 is 0 Å². The Morgan fingerprint density at radius 3 is 2.20 bits per heavy atom. The van der Waals surface area contributed by atoms with Crippen LogP contribution in [-0.2, 0) is 14.6 Å². The number of hydrogen-bond donors (Lipinski definition) is 0. The van der Waals surface area contributed by atoms with Crippen LogP contribution in [0.4, 0.5) is 0 Å². The Balaban J connectivity index is 4.77. The first kappa shape index (κ1) is 14.2. The summed E-state index contributed by atoms with van der Waals surface area (Å²) in [5.74, 6) is -0.483. The Morgan fingerprint density at radius 2 is 1.87 bits per heavy atom. The molecule has 0 spiro atoms. The molecule has 0 aliphatic carbocycles. The number of carbonyl (C=O) groups is 1. The first-order chi connectivity index (χ1) is 6.90. The zero-order valence-electron chi connectivity index (χ0n) is 9.56. The zero-order chi connectivity index (χ0) is 12.1. The second-order valence-electron chi connectivity index (χ2n) is 3.27. The highest BCUT2D eigenvalue weighted by molar-refractivity contribution is 7.92. The normalized spacial score (nSPS) is 13.3. The Labute approximate surface area is 91.9 Å². The van der Waals surface area contributed by atoms with Gasteiger partial charge in [0.15, 0.2) is 9.84 Å². The molecule has 15 heavy (non-hydrogen) atoms. The van der Waals surface area contributed by atoms with E-state index in [0.717, 1.165) is 0 Å². The number of carbonyl (C=O) groups excluding carboxylic acids is 1. The second kappa shape index (κ2) is 5.90. The van der Waals surface area contributed by atoms with Crippen molar-refractivity contribution in [1.82, 2.24) is 4.90 Å². The molecule has 88 valence electrons. The van der Waals surface area contributed by atoms with Gasteiger partial charge in [0.1, 0.15) is 5.25 Å². The van der Waals surface area contributed by atoms with Crippen LogP contribution in [0.15, 0.2) is 12.7 Å². The summed E-state index contributed by atoms with van der Waals surface area (Å²) in [5, 5.41) is -0.976. The van der Waals surface area contributed by atoms with Gasteiger partial charge in [0, 0.05) is 13.1 Å². The summed E-state index contributed by atoms with van der Waals surface area (Å²) in [4.78, 5) is 13.3. The summed E-state index contributed by atoms with van der Waals surface area (Å²) in [6.45, 7) is 9.52. The molecule has 0 saturated heterocycles. The van der Waals surface area contributed by atoms with E-state index in [1.54, 1.807) is 0 Å². The molecule has 0 aromatic heterocycles. The molecule has 0 N–H and O–H groups in total. The molecule has 0 aliphatic heterocycles. The summed E-state index contributed by atoms with van der Waals surface area (Å²) < 4.78 is 23.2. The summed E-state index contributed by atoms with van der Waals surface area (Å²) in [7, 11) is -3.38. The van der Waals surface area contributed by atoms with Crippen LogP contribution in [-0.4, -0.2) is 43.3 Å². The average Bonchev–Trinajstić information content (AvgIpc) is 2.18. The third-order valence-corrected chi connectivity index (χ3v) is 4.29. The number of amides is 1. The van der Waals surface area contributed by atoms with Gasteiger partial charge in [-0.2, -0.15) is 0 Å². The highest BCUT2D eigenvalue weighted by atomic mass is 32.2. The van der Waals surface area contributed by atoms with Crippen molar-refractivity contribution in [3.63, 3.8) is 0 Å². The Kier molecular flexibility index (Phi) is 5.57. The van der Waals surface area contributed by atoms with Crippen molar-refractivity contribution in [2.45, 2.75) is 26.0 Å². The van der Waals surface area contributed by atoms with Crippen molar-refractivity contribution in [3.05, 3.63) is 12.7 Å². The van der Waals surface area contributed by atoms with Crippen molar-refractivity contribution in [2.24, 2.45) is 0 Å². The van der Waals surface area contributed by atoms with Crippen molar-refractivity contribution >= 4 is 15.7 Å². The van der Waals surface area contributed by atoms with Crippen LogP contribution in [0, 0.1) is 0 Å². The molecule has 5 heteroatoms. The van der Waals surface area contributed by atoms with E-state index in [2.05, 4.69) is 6.58 Å². The molecule has 0 heterocycles. The van der Waals surface area contributed by atoms with Crippen LogP contribution in [0.1, 0.15) is 20.8 Å². The molecular formula is C10H19NO3S. The van der Waals surface area contributed by atoms with Gasteiger partial charge in [0.25, 0.3) is 0 Å². The predicted octanol–water partition coefficient (Wildman–Crippen LogP) is 0.844. The van der Waals surface area contributed by atoms with Gasteiger partial charge in [0.05, 0.1) is 5.75 Å². The van der Waals surface area contributed by atoms with E-state index >= 15 is 0 Å². The third kappa shape index (κ3) is 3.66. The zero-order valence-corrected chi connectivity index (χ0v) is 10.4. The fourth-order valence-corrected chi connectivity index (χ4v) is 2.33. The van der Waals surface area contributed by atoms with E-state index in [4.69, 9.17) is 0 Å². The molecule has 0 saturated carbocycles. The maximum atomic E-state index is 11.7. The van der Waals surface area contributed by atoms with Crippen molar-refractivity contribution in [1.29, 1.82) is 0 Å². The smallest absolute Gasteiger partial charge is 0.240 e. The molecule has 0 aromatic rings. The molecule has 0 radical (unpaired) electrons. The molecule has 1 amide bonds. The van der Waals surface area contributed by atoms with Crippen LogP contribution in [0.2, 0.25) is 0 Å². The third-order valence-electron chi connectivity index (χ3n) is 2.31. The first-order valence-electron chi connectivity index (χ1n) is 5.01. The molecule has 0 aliphatic rings. The Morgan fingerprint density at radius 1 is 1.40 bits per heavy atom. The summed E-state index contributed by atoms with van der Waals surface area (Å²) in [5.41, 5.74) is 0. The fourth-order valence-electron chi connectivity index (χ4n) is 1.25. The Hall–Kier alpha value is -0.840. The van der Waals surface area contributed by atoms with Crippen molar-refractivity contribution < 1.29 is 13.2 Å². The number of sulfone groups is 1. The van der Waals surface area contributed by atoms with Crippen LogP contribution in [0.3, 0.4) is 0 Å². The molecule has 1 atom stereocenters. The summed E-state index contributed by atoms with van der Waals surface area (Å²) in [6.07, 6.45) is 1.31. The monoisotopic (exact) mass is 233 g/mol. The molecular weight excluding hydrogens is 214 g/mol. The largest absolute Gasteiger partial charge is 0.342 e. The molecule has 0 aromatic carbocycles. The second-order valence-corrected chi connectivity index (χ2v) is 5.64. The van der Waals surface area contributed by atoms with Gasteiger partial charge in [-0.1, -0.05) is 6.08 Å². The minimum absolute atomic E-state index is 0.152. The quantitative estimate of drug-likeness (QED) is 0.639. The van der Waals surface area contributed by atoms with E-state index < -0.39 is 15.1 Å². The number of rotatable bonds is 6. The Bertz CT molecular complexity index is 318. The lowest BCUT2D eigenvalue weighted by molar-refractivity contribution is -0.130. The molecule has 0 fully saturated rings. The van der Waals surface area contributed by atoms with Crippen LogP contribution in [0.5, 0.6) is 0 Å². The van der Waals surface area contributed by atoms with Crippen LogP contribution < -0.4 is 0 Å². The van der Waals surface area contributed by atoms with Gasteiger partial charge in [0.2, 0.25) is 5.91 Å². The number of hydrogen-bond acceptors (Lipinski definition) is 3. The lowest BCUT2D eigenvalue weighted by atomic mass is 10.4. The maximum absolute atomic E-state index is 11.7. The van der Waals surface area contributed by atoms with E-state index in [1.165, 1.54) is 17.9 Å². The number of nitrogens with zero attached hydrogens (tertiary/aromatic N) is 1. The fraction of sp³-hybridized carbons (Fsp3) is 0.700. The van der Waals surface area contributed by atoms with Gasteiger partial charge in [-0.25, -0.2) is 8.42 Å². The first-order valence-corrected chi connectivity index (χ1v) is 6.73. The van der Waals surface area contributed by atoms with Crippen molar-refractivity contribution in [3.8, 4) is 0 Å². The highest BCUT2D eigenvalue weighted by Crippen LogP contribution is 2.06. The molecule has 0 rings (SSSR count). The minimum Gasteiger partial charge on any atom is -0.342 e. The lowest BCUT2D eigenvalue weighted by Gasteiger charge is -2.22. The van der Waals surface area contributed by atoms with E-state index in [-0.39, 0.29) is 11.7 Å². The lowest BCUT2D eigenvalue weighted by Crippen LogP contribution is -2.41. The standard InChI is InChI=1S/C10H19NO3S/c1-5-8-15(13,14)9(4)10(12)11(6-2)7-3/h5,9H,1,6-8H2,2-4H3. The van der Waals surface area contributed by atoms with E-state index in [9.17, 15) is 13.2 Å². The summed E-state index contributed by atoms with van der Waals surface area (Å²) in [6, 6.07) is 0. The van der Waals surface area contributed by atoms with Gasteiger partial charge >= 0.3 is 0 Å². The van der Waals surface area contributed by atoms with E-state index in [1.807, 2.05) is 13.8 Å². The molecule has 0 bridgehead atoms. The van der Waals surface area contributed by atoms with Crippen molar-refractivity contribution in [2.75, 3.05) is 18.8 Å². The topological polar surface area (TPSA) is 54.5 Å². The molecule has 1 unspecified atom stereocenters. The van der Waals surface area contributed by atoms with Gasteiger partial charge in [-0.15, -0.1) is 6.58 Å². The SMILES string of the molecule is C=CCS(=O)(=O)C(C)C(=O)N(CC)CC. The maximum Gasteiger partial charge on any atom is 0.240 e. The van der Waals surface area contributed by atoms with Gasteiger partial charge < -0.3 is 4.90 Å². The minimum atomic E-state index is -3.38. The highest BCUT2D eigenvalue weighted by Gasteiger charge is 2.29. The predicted molar refractivity (Wildman–Crippen MR) is 61.4 cm³/mol. The average molecular weight is 233 g/mol. The van der Waals surface area contributed by atoms with Crippen LogP contribution in [0.25, 0.3) is 0 Å². The van der Waals surface area contributed by atoms with Gasteiger partial charge in [-0.05, 0) is 20.8 Å².